The van der Waals surface area contributed by atoms with Gasteiger partial charge in [0.15, 0.2) is 5.78 Å². The van der Waals surface area contributed by atoms with Crippen molar-refractivity contribution in [1.29, 1.82) is 0 Å². The first kappa shape index (κ1) is 15.9. The van der Waals surface area contributed by atoms with Crippen LogP contribution < -0.4 is 5.32 Å². The summed E-state index contributed by atoms with van der Waals surface area (Å²) in [4.78, 5) is 12.3. The highest BCUT2D eigenvalue weighted by molar-refractivity contribution is 5.86. The topological polar surface area (TPSA) is 29.1 Å². The molecule has 0 heterocycles. The average molecular weight is 261 g/mol. The number of rotatable bonds is 5. The van der Waals surface area contributed by atoms with Crippen LogP contribution in [0.5, 0.6) is 0 Å². The van der Waals surface area contributed by atoms with Crippen LogP contribution >= 0.6 is 0 Å². The molecule has 0 saturated carbocycles. The fourth-order valence-corrected chi connectivity index (χ4v) is 2.11. The van der Waals surface area contributed by atoms with E-state index in [0.717, 1.165) is 6.42 Å². The molecule has 1 N–H and O–H groups in total. The third-order valence-electron chi connectivity index (χ3n) is 3.08. The first-order chi connectivity index (χ1) is 8.69. The van der Waals surface area contributed by atoms with Gasteiger partial charge in [-0.1, -0.05) is 43.7 Å². The van der Waals surface area contributed by atoms with Gasteiger partial charge < -0.3 is 5.32 Å². The van der Waals surface area contributed by atoms with E-state index in [-0.39, 0.29) is 23.3 Å². The minimum absolute atomic E-state index is 0.0556. The van der Waals surface area contributed by atoms with Crippen molar-refractivity contribution in [2.75, 3.05) is 0 Å². The summed E-state index contributed by atoms with van der Waals surface area (Å²) in [6.45, 7) is 12.3. The second kappa shape index (κ2) is 6.33. The Kier molecular flexibility index (Phi) is 5.30. The quantitative estimate of drug-likeness (QED) is 0.878. The molecule has 0 saturated heterocycles. The van der Waals surface area contributed by atoms with Crippen LogP contribution in [0.4, 0.5) is 0 Å². The van der Waals surface area contributed by atoms with Crippen LogP contribution in [0, 0.1) is 12.8 Å². The second-order valence-corrected chi connectivity index (χ2v) is 6.69. The number of Topliss-reactive ketones (excluding diaryl/α,β-unsaturated/α-hetero) is 1. The van der Waals surface area contributed by atoms with Gasteiger partial charge in [0.05, 0.1) is 6.04 Å². The Bertz CT molecular complexity index is 412. The number of carbonyl (C=O) groups excluding carboxylic acids is 1. The van der Waals surface area contributed by atoms with Crippen LogP contribution in [-0.4, -0.2) is 17.4 Å². The summed E-state index contributed by atoms with van der Waals surface area (Å²) in [5.41, 5.74) is 2.40. The lowest BCUT2D eigenvalue weighted by Gasteiger charge is -2.29. The molecule has 0 spiro atoms. The van der Waals surface area contributed by atoms with Crippen LogP contribution in [0.3, 0.4) is 0 Å². The van der Waals surface area contributed by atoms with Gasteiger partial charge in [-0.3, -0.25) is 4.79 Å². The van der Waals surface area contributed by atoms with Crippen LogP contribution in [0.25, 0.3) is 0 Å². The summed E-state index contributed by atoms with van der Waals surface area (Å²) in [5, 5.41) is 3.45. The number of hydrogen-bond acceptors (Lipinski definition) is 2. The maximum absolute atomic E-state index is 12.3. The lowest BCUT2D eigenvalue weighted by atomic mass is 9.93. The maximum atomic E-state index is 12.3. The first-order valence-corrected chi connectivity index (χ1v) is 7.06. The van der Waals surface area contributed by atoms with Gasteiger partial charge >= 0.3 is 0 Å². The van der Waals surface area contributed by atoms with Gasteiger partial charge in [0.1, 0.15) is 0 Å². The Morgan fingerprint density at radius 3 is 2.11 bits per heavy atom. The van der Waals surface area contributed by atoms with E-state index < -0.39 is 0 Å². The molecular formula is C17H27NO. The highest BCUT2D eigenvalue weighted by Crippen LogP contribution is 2.13. The van der Waals surface area contributed by atoms with E-state index >= 15 is 0 Å². The Morgan fingerprint density at radius 1 is 1.16 bits per heavy atom. The SMILES string of the molecule is Cc1ccc(C[C@@H](NC(C)(C)C)C(=O)C(C)C)cc1. The van der Waals surface area contributed by atoms with E-state index in [4.69, 9.17) is 0 Å². The van der Waals surface area contributed by atoms with Gasteiger partial charge in [-0.05, 0) is 39.7 Å². The summed E-state index contributed by atoms with van der Waals surface area (Å²) in [5.74, 6) is 0.348. The maximum Gasteiger partial charge on any atom is 0.152 e. The van der Waals surface area contributed by atoms with E-state index in [9.17, 15) is 4.79 Å². The zero-order chi connectivity index (χ0) is 14.6. The van der Waals surface area contributed by atoms with E-state index in [1.54, 1.807) is 0 Å². The zero-order valence-electron chi connectivity index (χ0n) is 13.1. The minimum atomic E-state index is -0.109. The van der Waals surface area contributed by atoms with Gasteiger partial charge in [0.2, 0.25) is 0 Å². The molecule has 0 fully saturated rings. The molecule has 1 rings (SSSR count). The molecule has 0 aliphatic carbocycles. The first-order valence-electron chi connectivity index (χ1n) is 7.06. The molecular weight excluding hydrogens is 234 g/mol. The number of hydrogen-bond donors (Lipinski definition) is 1. The second-order valence-electron chi connectivity index (χ2n) is 6.69. The fraction of sp³-hybridized carbons (Fsp3) is 0.588. The molecule has 2 nitrogen and oxygen atoms in total. The number of carbonyl (C=O) groups is 1. The molecule has 19 heavy (non-hydrogen) atoms. The molecule has 0 amide bonds. The van der Waals surface area contributed by atoms with Gasteiger partial charge in [0.25, 0.3) is 0 Å². The zero-order valence-corrected chi connectivity index (χ0v) is 13.1. The van der Waals surface area contributed by atoms with Crippen LogP contribution in [0.1, 0.15) is 45.7 Å². The lowest BCUT2D eigenvalue weighted by Crippen LogP contribution is -2.50. The van der Waals surface area contributed by atoms with Crippen LogP contribution in [0.15, 0.2) is 24.3 Å². The highest BCUT2D eigenvalue weighted by atomic mass is 16.1. The largest absolute Gasteiger partial charge is 0.302 e. The molecule has 1 atom stereocenters. The summed E-state index contributed by atoms with van der Waals surface area (Å²) in [7, 11) is 0. The predicted molar refractivity (Wildman–Crippen MR) is 81.4 cm³/mol. The number of aryl methyl sites for hydroxylation is 1. The van der Waals surface area contributed by atoms with Crippen molar-refractivity contribution in [2.45, 2.75) is 59.5 Å². The van der Waals surface area contributed by atoms with Crippen LogP contribution in [0.2, 0.25) is 0 Å². The van der Waals surface area contributed by atoms with Crippen molar-refractivity contribution in [2.24, 2.45) is 5.92 Å². The Balaban J connectivity index is 2.85. The van der Waals surface area contributed by atoms with E-state index in [1.807, 2.05) is 13.8 Å². The van der Waals surface area contributed by atoms with Crippen molar-refractivity contribution in [3.63, 3.8) is 0 Å². The lowest BCUT2D eigenvalue weighted by molar-refractivity contribution is -0.124. The molecule has 0 aliphatic heterocycles. The van der Waals surface area contributed by atoms with Gasteiger partial charge in [-0.15, -0.1) is 0 Å². The van der Waals surface area contributed by atoms with Crippen molar-refractivity contribution >= 4 is 5.78 Å². The average Bonchev–Trinajstić information content (AvgIpc) is 2.28. The smallest absolute Gasteiger partial charge is 0.152 e. The number of nitrogens with one attached hydrogen (secondary N) is 1. The molecule has 106 valence electrons. The van der Waals surface area contributed by atoms with Gasteiger partial charge in [-0.2, -0.15) is 0 Å². The molecule has 0 aromatic heterocycles. The molecule has 2 heteroatoms. The summed E-state index contributed by atoms with van der Waals surface area (Å²) in [6.07, 6.45) is 0.758. The minimum Gasteiger partial charge on any atom is -0.302 e. The van der Waals surface area contributed by atoms with Crippen molar-refractivity contribution in [1.82, 2.24) is 5.32 Å². The van der Waals surface area contributed by atoms with Gasteiger partial charge in [-0.25, -0.2) is 0 Å². The fourth-order valence-electron chi connectivity index (χ4n) is 2.11. The van der Waals surface area contributed by atoms with Crippen molar-refractivity contribution in [3.8, 4) is 0 Å². The number of benzene rings is 1. The monoisotopic (exact) mass is 261 g/mol. The predicted octanol–water partition coefficient (Wildman–Crippen LogP) is 3.52. The molecule has 0 aliphatic rings. The summed E-state index contributed by atoms with van der Waals surface area (Å²) in [6, 6.07) is 8.32. The summed E-state index contributed by atoms with van der Waals surface area (Å²) >= 11 is 0. The molecule has 1 aromatic carbocycles. The normalized spacial score (nSPS) is 13.6. The third kappa shape index (κ3) is 5.56. The van der Waals surface area contributed by atoms with E-state index in [0.29, 0.717) is 0 Å². The Hall–Kier alpha value is -1.15. The van der Waals surface area contributed by atoms with E-state index in [1.165, 1.54) is 11.1 Å². The molecule has 1 aromatic rings. The van der Waals surface area contributed by atoms with Crippen LogP contribution in [-0.2, 0) is 11.2 Å². The number of ketones is 1. The Morgan fingerprint density at radius 2 is 1.68 bits per heavy atom. The molecule has 0 bridgehead atoms. The van der Waals surface area contributed by atoms with Gasteiger partial charge in [0, 0.05) is 11.5 Å². The van der Waals surface area contributed by atoms with E-state index in [2.05, 4.69) is 57.3 Å². The molecule has 0 radical (unpaired) electrons. The highest BCUT2D eigenvalue weighted by Gasteiger charge is 2.25. The van der Waals surface area contributed by atoms with Crippen molar-refractivity contribution in [3.05, 3.63) is 35.4 Å². The Labute approximate surface area is 117 Å². The van der Waals surface area contributed by atoms with Crippen molar-refractivity contribution < 1.29 is 4.79 Å². The third-order valence-corrected chi connectivity index (χ3v) is 3.08. The molecule has 0 unspecified atom stereocenters. The standard InChI is InChI=1S/C17H27NO/c1-12(2)16(19)15(18-17(4,5)6)11-14-9-7-13(3)8-10-14/h7-10,12,15,18H,11H2,1-6H3/t15-/m1/s1. The summed E-state index contributed by atoms with van der Waals surface area (Å²) < 4.78 is 0.